The predicted molar refractivity (Wildman–Crippen MR) is 59.2 cm³/mol. The fraction of sp³-hybridized carbons (Fsp3) is 0.500. The van der Waals surface area contributed by atoms with Crippen LogP contribution in [0.2, 0.25) is 0 Å². The summed E-state index contributed by atoms with van der Waals surface area (Å²) in [6.45, 7) is 0. The van der Waals surface area contributed by atoms with Gasteiger partial charge in [0.1, 0.15) is 5.82 Å². The summed E-state index contributed by atoms with van der Waals surface area (Å²) in [6, 6.07) is 2.02. The Morgan fingerprint density at radius 1 is 1.57 bits per heavy atom. The van der Waals surface area contributed by atoms with Gasteiger partial charge in [-0.3, -0.25) is 0 Å². The minimum atomic E-state index is 0.433. The summed E-state index contributed by atoms with van der Waals surface area (Å²) in [4.78, 5) is 5.39. The smallest absolute Gasteiger partial charge is 0.151 e. The van der Waals surface area contributed by atoms with Crippen LogP contribution in [0.1, 0.15) is 12.8 Å². The third kappa shape index (κ3) is 2.12. The summed E-state index contributed by atoms with van der Waals surface area (Å²) >= 11 is 1.69. The lowest BCUT2D eigenvalue weighted by atomic mass is 10.4. The van der Waals surface area contributed by atoms with E-state index in [-0.39, 0.29) is 0 Å². The van der Waals surface area contributed by atoms with Crippen LogP contribution in [0.3, 0.4) is 0 Å². The molecule has 0 aromatic carbocycles. The first-order chi connectivity index (χ1) is 6.83. The molecule has 4 heteroatoms. The van der Waals surface area contributed by atoms with Crippen molar-refractivity contribution >= 4 is 17.6 Å². The zero-order chi connectivity index (χ0) is 9.97. The Hall–Kier alpha value is -0.900. The van der Waals surface area contributed by atoms with E-state index in [2.05, 4.69) is 16.6 Å². The number of anilines is 1. The number of nitrogens with zero attached hydrogens (tertiary/aromatic N) is 1. The van der Waals surface area contributed by atoms with Gasteiger partial charge in [-0.2, -0.15) is 0 Å². The van der Waals surface area contributed by atoms with Gasteiger partial charge in [0.2, 0.25) is 0 Å². The minimum Gasteiger partial charge on any atom is -0.488 e. The van der Waals surface area contributed by atoms with Crippen LogP contribution >= 0.6 is 11.8 Å². The molecule has 0 bridgehead atoms. The molecule has 0 aliphatic heterocycles. The van der Waals surface area contributed by atoms with Crippen LogP contribution < -0.4 is 10.1 Å². The molecule has 1 aliphatic rings. The van der Waals surface area contributed by atoms with Gasteiger partial charge in [0, 0.05) is 7.05 Å². The van der Waals surface area contributed by atoms with Crippen LogP contribution in [0.5, 0.6) is 5.75 Å². The average molecular weight is 210 g/mol. The SMILES string of the molecule is CNc1cc(SC)c(OC2CC2)cn1. The van der Waals surface area contributed by atoms with Gasteiger partial charge < -0.3 is 10.1 Å². The lowest BCUT2D eigenvalue weighted by molar-refractivity contribution is 0.295. The summed E-state index contributed by atoms with van der Waals surface area (Å²) < 4.78 is 5.74. The highest BCUT2D eigenvalue weighted by atomic mass is 32.2. The Morgan fingerprint density at radius 3 is 2.93 bits per heavy atom. The van der Waals surface area contributed by atoms with Crippen molar-refractivity contribution in [2.45, 2.75) is 23.8 Å². The van der Waals surface area contributed by atoms with Gasteiger partial charge >= 0.3 is 0 Å². The molecule has 1 heterocycles. The molecule has 0 amide bonds. The van der Waals surface area contributed by atoms with Crippen LogP contribution in [0.15, 0.2) is 17.2 Å². The number of aromatic nitrogens is 1. The number of hydrogen-bond acceptors (Lipinski definition) is 4. The van der Waals surface area contributed by atoms with E-state index in [1.54, 1.807) is 18.0 Å². The number of pyridine rings is 1. The summed E-state index contributed by atoms with van der Waals surface area (Å²) in [6.07, 6.45) is 6.65. The minimum absolute atomic E-state index is 0.433. The highest BCUT2D eigenvalue weighted by molar-refractivity contribution is 7.98. The van der Waals surface area contributed by atoms with Crippen LogP contribution in [-0.4, -0.2) is 24.4 Å². The Labute approximate surface area is 88.3 Å². The first kappa shape index (κ1) is 9.65. The molecule has 0 atom stereocenters. The van der Waals surface area contributed by atoms with Crippen molar-refractivity contribution in [1.82, 2.24) is 4.98 Å². The third-order valence-corrected chi connectivity index (χ3v) is 2.88. The number of ether oxygens (including phenoxy) is 1. The molecule has 0 unspecified atom stereocenters. The largest absolute Gasteiger partial charge is 0.488 e. The molecule has 2 rings (SSSR count). The zero-order valence-corrected chi connectivity index (χ0v) is 9.23. The van der Waals surface area contributed by atoms with E-state index in [0.29, 0.717) is 6.10 Å². The van der Waals surface area contributed by atoms with E-state index in [0.717, 1.165) is 16.5 Å². The molecule has 14 heavy (non-hydrogen) atoms. The fourth-order valence-corrected chi connectivity index (χ4v) is 1.71. The topological polar surface area (TPSA) is 34.1 Å². The second-order valence-electron chi connectivity index (χ2n) is 3.29. The van der Waals surface area contributed by atoms with Gasteiger partial charge in [0.15, 0.2) is 5.75 Å². The molecule has 0 radical (unpaired) electrons. The average Bonchev–Trinajstić information content (AvgIpc) is 3.02. The fourth-order valence-electron chi connectivity index (χ4n) is 1.17. The van der Waals surface area contributed by atoms with E-state index in [1.165, 1.54) is 12.8 Å². The molecule has 76 valence electrons. The molecule has 1 aliphatic carbocycles. The van der Waals surface area contributed by atoms with Gasteiger partial charge in [0.05, 0.1) is 17.2 Å². The number of hydrogen-bond donors (Lipinski definition) is 1. The Kier molecular flexibility index (Phi) is 2.82. The van der Waals surface area contributed by atoms with Crippen LogP contribution in [0, 0.1) is 0 Å². The molecule has 0 saturated heterocycles. The molecule has 1 aromatic rings. The van der Waals surface area contributed by atoms with Gasteiger partial charge in [-0.1, -0.05) is 0 Å². The van der Waals surface area contributed by atoms with Gasteiger partial charge in [-0.15, -0.1) is 11.8 Å². The van der Waals surface area contributed by atoms with E-state index in [4.69, 9.17) is 4.74 Å². The van der Waals surface area contributed by atoms with Gasteiger partial charge in [-0.05, 0) is 25.2 Å². The predicted octanol–water partition coefficient (Wildman–Crippen LogP) is 2.39. The van der Waals surface area contributed by atoms with Crippen molar-refractivity contribution < 1.29 is 4.74 Å². The molecule has 0 spiro atoms. The van der Waals surface area contributed by atoms with E-state index in [9.17, 15) is 0 Å². The first-order valence-electron chi connectivity index (χ1n) is 4.72. The van der Waals surface area contributed by atoms with Crippen molar-refractivity contribution in [3.05, 3.63) is 12.3 Å². The van der Waals surface area contributed by atoms with Crippen LogP contribution in [0.25, 0.3) is 0 Å². The van der Waals surface area contributed by atoms with Crippen molar-refractivity contribution in [1.29, 1.82) is 0 Å². The van der Waals surface area contributed by atoms with E-state index >= 15 is 0 Å². The maximum absolute atomic E-state index is 5.74. The molecule has 1 fully saturated rings. The van der Waals surface area contributed by atoms with Crippen molar-refractivity contribution in [3.63, 3.8) is 0 Å². The quantitative estimate of drug-likeness (QED) is 0.774. The molecule has 1 aromatic heterocycles. The highest BCUT2D eigenvalue weighted by Gasteiger charge is 2.24. The highest BCUT2D eigenvalue weighted by Crippen LogP contribution is 2.33. The standard InChI is InChI=1S/C10H14N2OS/c1-11-10-5-9(14-2)8(6-12-10)13-7-3-4-7/h5-7H,3-4H2,1-2H3,(H,11,12). The normalized spacial score (nSPS) is 15.3. The number of nitrogens with one attached hydrogen (secondary N) is 1. The van der Waals surface area contributed by atoms with Crippen LogP contribution in [-0.2, 0) is 0 Å². The number of rotatable bonds is 4. The maximum Gasteiger partial charge on any atom is 0.151 e. The van der Waals surface area contributed by atoms with Gasteiger partial charge in [0.25, 0.3) is 0 Å². The van der Waals surface area contributed by atoms with Crippen molar-refractivity contribution in [2.24, 2.45) is 0 Å². The molecular weight excluding hydrogens is 196 g/mol. The summed E-state index contributed by atoms with van der Waals surface area (Å²) in [5.41, 5.74) is 0. The molecule has 1 saturated carbocycles. The van der Waals surface area contributed by atoms with Crippen molar-refractivity contribution in [3.8, 4) is 5.75 Å². The Morgan fingerprint density at radius 2 is 2.36 bits per heavy atom. The Bertz CT molecular complexity index is 326. The maximum atomic E-state index is 5.74. The second kappa shape index (κ2) is 4.09. The first-order valence-corrected chi connectivity index (χ1v) is 5.94. The van der Waals surface area contributed by atoms with E-state index in [1.807, 2.05) is 13.1 Å². The van der Waals surface area contributed by atoms with E-state index < -0.39 is 0 Å². The molecular formula is C10H14N2OS. The van der Waals surface area contributed by atoms with Crippen molar-refractivity contribution in [2.75, 3.05) is 18.6 Å². The Balaban J connectivity index is 2.19. The summed E-state index contributed by atoms with van der Waals surface area (Å²) in [5, 5.41) is 3.02. The third-order valence-electron chi connectivity index (χ3n) is 2.13. The number of thioether (sulfide) groups is 1. The molecule has 1 N–H and O–H groups in total. The summed E-state index contributed by atoms with van der Waals surface area (Å²) in [7, 11) is 1.87. The monoisotopic (exact) mass is 210 g/mol. The lowest BCUT2D eigenvalue weighted by Crippen LogP contribution is -1.99. The lowest BCUT2D eigenvalue weighted by Gasteiger charge is -2.09. The summed E-state index contributed by atoms with van der Waals surface area (Å²) in [5.74, 6) is 1.80. The van der Waals surface area contributed by atoms with Crippen LogP contribution in [0.4, 0.5) is 5.82 Å². The zero-order valence-electron chi connectivity index (χ0n) is 8.41. The second-order valence-corrected chi connectivity index (χ2v) is 4.14. The molecule has 3 nitrogen and oxygen atoms in total. The van der Waals surface area contributed by atoms with Gasteiger partial charge in [-0.25, -0.2) is 4.98 Å².